The minimum absolute atomic E-state index is 0.240. The number of hydrogen-bond donors (Lipinski definition) is 20. The van der Waals surface area contributed by atoms with Crippen LogP contribution in [0.1, 0.15) is 0 Å². The van der Waals surface area contributed by atoms with Gasteiger partial charge < -0.3 is 168 Å². The van der Waals surface area contributed by atoms with Gasteiger partial charge in [-0.25, -0.2) is 4.57 Å². The number of nitrogens with zero attached hydrogens (tertiary/aromatic N) is 1. The highest BCUT2D eigenvalue weighted by atomic mass is 16.8. The number of aromatic nitrogens is 1. The Hall–Kier alpha value is -2.21. The Bertz CT molecular complexity index is 2120. The summed E-state index contributed by atoms with van der Waals surface area (Å²) in [5.41, 5.74) is 0. The van der Waals surface area contributed by atoms with E-state index in [2.05, 4.69) is 0 Å². The highest BCUT2D eigenvalue weighted by Gasteiger charge is 2.60. The van der Waals surface area contributed by atoms with Crippen molar-refractivity contribution in [2.75, 3.05) is 39.6 Å². The van der Waals surface area contributed by atoms with Gasteiger partial charge in [0.2, 0.25) is 0 Å². The van der Waals surface area contributed by atoms with E-state index < -0.39 is 255 Å². The molecule has 21 aliphatic rings. The maximum absolute atomic E-state index is 11.8. The molecule has 22 heterocycles. The van der Waals surface area contributed by atoms with Gasteiger partial charge in [-0.3, -0.25) is 0 Å². The van der Waals surface area contributed by atoms with Crippen LogP contribution in [0.25, 0.3) is 0 Å². The van der Waals surface area contributed by atoms with E-state index in [1.807, 2.05) is 0 Å². The van der Waals surface area contributed by atoms with E-state index in [4.69, 9.17) is 66.3 Å². The van der Waals surface area contributed by atoms with E-state index in [1.54, 1.807) is 30.6 Å². The largest absolute Gasteiger partial charge is 0.394 e. The molecule has 21 saturated heterocycles. The fourth-order valence-electron chi connectivity index (χ4n) is 11.2. The molecule has 0 unspecified atom stereocenters. The van der Waals surface area contributed by atoms with Gasteiger partial charge in [-0.15, -0.1) is 0 Å². The van der Waals surface area contributed by atoms with Gasteiger partial charge in [0.05, 0.1) is 39.6 Å². The lowest BCUT2D eigenvalue weighted by atomic mass is 9.95. The Balaban J connectivity index is 1.02. The lowest BCUT2D eigenvalue weighted by Crippen LogP contribution is -2.68. The Morgan fingerprint density at radius 1 is 0.220 bits per heavy atom. The molecule has 35 atom stereocenters. The fourth-order valence-corrected chi connectivity index (χ4v) is 11.2. The van der Waals surface area contributed by atoms with Crippen LogP contribution in [0.3, 0.4) is 0 Å². The van der Waals surface area contributed by atoms with Gasteiger partial charge in [0, 0.05) is 12.1 Å². The van der Waals surface area contributed by atoms with Gasteiger partial charge in [0.25, 0.3) is 0 Å². The van der Waals surface area contributed by atoms with Crippen molar-refractivity contribution >= 4 is 0 Å². The molecule has 22 rings (SSSR count). The Labute approximate surface area is 464 Å². The van der Waals surface area contributed by atoms with Gasteiger partial charge in [-0.1, -0.05) is 6.07 Å². The van der Waals surface area contributed by atoms with Crippen LogP contribution < -0.4 is 4.57 Å². The molecule has 35 nitrogen and oxygen atoms in total. The van der Waals surface area contributed by atoms with Crippen LogP contribution in [0.4, 0.5) is 0 Å². The van der Waals surface area contributed by atoms with E-state index in [0.29, 0.717) is 0 Å². The smallest absolute Gasteiger partial charge is 0.187 e. The third-order valence-corrected chi connectivity index (χ3v) is 15.8. The van der Waals surface area contributed by atoms with Gasteiger partial charge >= 0.3 is 0 Å². The average molecular weight is 1200 g/mol. The third kappa shape index (κ3) is 12.7. The first kappa shape index (κ1) is 64.3. The number of hydrogen-bond acceptors (Lipinski definition) is 34. The molecule has 1 aromatic rings. The van der Waals surface area contributed by atoms with Crippen LogP contribution in [0, 0.1) is 0 Å². The SMILES string of the molecule is OC[C@H]1O[C@@H]2O[C@H]3[C@H](O)[C@@H](O)[C@@H](O[C@H]4[C@H](O)[C@@H](O)[C@@H](O[C@H]5[C@H](O)[C@@H](O)[C@@H](O[C@H]6[C@H](O)[C@@H](O)[C@@H](O[C@H]7[C@H](O)[C@@H](O)[C@@H](O[C@H]8[C@H](O)[C@@H](O)[C@@H](O[C@H]1[C@H](O)[C@H]2O)O[C@@H]8CO)O[C@@H]7CO)O[C@@H]6CO)O[C@@H]5C[n+]1ccccc1)O[C@@H]4CO)O[C@@H]3CO. The van der Waals surface area contributed by atoms with Crippen LogP contribution >= 0.6 is 0 Å². The first-order valence-electron chi connectivity index (χ1n) is 26.5. The Kier molecular flexibility index (Phi) is 21.5. The van der Waals surface area contributed by atoms with E-state index in [-0.39, 0.29) is 6.54 Å². The summed E-state index contributed by atoms with van der Waals surface area (Å²) in [6.45, 7) is -6.43. The summed E-state index contributed by atoms with van der Waals surface area (Å²) in [7, 11) is 0. The van der Waals surface area contributed by atoms with Crippen molar-refractivity contribution < 1.29 is 173 Å². The number of ether oxygens (including phenoxy) is 14. The number of aliphatic hydroxyl groups excluding tert-OH is 20. The average Bonchev–Trinajstić information content (AvgIpc) is 3.20. The molecular formula is C47H74NO34+. The second-order valence-corrected chi connectivity index (χ2v) is 21.0. The molecule has 0 amide bonds. The molecule has 0 aromatic carbocycles. The van der Waals surface area contributed by atoms with E-state index in [1.165, 1.54) is 4.57 Å². The maximum atomic E-state index is 11.8. The molecule has 0 radical (unpaired) electrons. The summed E-state index contributed by atoms with van der Waals surface area (Å²) in [6, 6.07) is 4.91. The van der Waals surface area contributed by atoms with E-state index >= 15 is 0 Å². The minimum Gasteiger partial charge on any atom is -0.394 e. The molecule has 1 aromatic heterocycles. The zero-order valence-corrected chi connectivity index (χ0v) is 43.2. The summed E-state index contributed by atoms with van der Waals surface area (Å²) in [4.78, 5) is 0. The summed E-state index contributed by atoms with van der Waals surface area (Å²) < 4.78 is 82.8. The number of aliphatic hydroxyl groups is 20. The maximum Gasteiger partial charge on any atom is 0.187 e. The summed E-state index contributed by atoms with van der Waals surface area (Å²) >= 11 is 0. The normalized spacial score (nSPS) is 52.7. The van der Waals surface area contributed by atoms with E-state index in [0.717, 1.165) is 0 Å². The van der Waals surface area contributed by atoms with Crippen molar-refractivity contribution in [1.29, 1.82) is 0 Å². The van der Waals surface area contributed by atoms with Crippen LogP contribution in [-0.4, -0.2) is 357 Å². The minimum atomic E-state index is -2.20. The zero-order valence-electron chi connectivity index (χ0n) is 43.2. The predicted octanol–water partition coefficient (Wildman–Crippen LogP) is -14.2. The zero-order chi connectivity index (χ0) is 59.2. The summed E-state index contributed by atoms with van der Waals surface area (Å²) in [6.07, 6.45) is -66.0. The van der Waals surface area contributed by atoms with Gasteiger partial charge in [-0.05, 0) is 0 Å². The van der Waals surface area contributed by atoms with Crippen LogP contribution in [0.15, 0.2) is 30.6 Å². The standard InChI is InChI=1S/C47H74NO34/c49-7-14-35-22(57)29(64)43(71-14)79-37-16(9-51)73-45(31(66)24(37)59)81-39-18(11-53)75-47(33(68)26(39)61)82-40-19(12-54)74-46(32(67)25(40)60)80-38-17(10-52)72-44(30(65)23(38)58)78-36-15(8-50)70-42(28(63)21(36)56)76-34-13(6-48-4-2-1-3-5-48)69-41(77-35)27(62)20(34)55/h1-5,13-47,49-68H,6-12H2/q+1/t13-,14-,15-,16-,17-,18-,19-,20-,21-,22-,23-,24-,25-,26-,27-,28-,29-,30-,31-,32-,33-,34-,35-,36-,37-,38-,39-,40-,41-,42-,43-,44-,45-,46-,47-/m1/s1. The molecule has 21 aliphatic heterocycles. The lowest BCUT2D eigenvalue weighted by molar-refractivity contribution is -0.707. The molecule has 470 valence electrons. The molecule has 82 heavy (non-hydrogen) atoms. The van der Waals surface area contributed by atoms with Crippen molar-refractivity contribution in [2.24, 2.45) is 0 Å². The molecular weight excluding hydrogens is 1120 g/mol. The molecule has 20 N–H and O–H groups in total. The van der Waals surface area contributed by atoms with Crippen molar-refractivity contribution in [2.45, 2.75) is 221 Å². The first-order chi connectivity index (χ1) is 39.2. The molecule has 0 spiro atoms. The summed E-state index contributed by atoms with van der Waals surface area (Å²) in [5.74, 6) is 0. The van der Waals surface area contributed by atoms with E-state index in [9.17, 15) is 102 Å². The predicted molar refractivity (Wildman–Crippen MR) is 248 cm³/mol. The van der Waals surface area contributed by atoms with Crippen LogP contribution in [0.5, 0.6) is 0 Å². The Morgan fingerprint density at radius 2 is 0.390 bits per heavy atom. The van der Waals surface area contributed by atoms with Crippen molar-refractivity contribution in [3.63, 3.8) is 0 Å². The van der Waals surface area contributed by atoms with Crippen molar-refractivity contribution in [1.82, 2.24) is 0 Å². The van der Waals surface area contributed by atoms with Crippen LogP contribution in [-0.2, 0) is 72.9 Å². The first-order valence-corrected chi connectivity index (χ1v) is 26.5. The lowest BCUT2D eigenvalue weighted by Gasteiger charge is -2.50. The molecule has 21 fully saturated rings. The quantitative estimate of drug-likeness (QED) is 0.107. The molecule has 14 bridgehead atoms. The van der Waals surface area contributed by atoms with Crippen molar-refractivity contribution in [3.8, 4) is 0 Å². The van der Waals surface area contributed by atoms with Gasteiger partial charge in [0.1, 0.15) is 171 Å². The second kappa shape index (κ2) is 27.5. The topological polar surface area (TPSA) is 538 Å². The third-order valence-electron chi connectivity index (χ3n) is 15.8. The molecule has 0 aliphatic carbocycles. The molecule has 0 saturated carbocycles. The highest BCUT2D eigenvalue weighted by molar-refractivity contribution is 5.02. The second-order valence-electron chi connectivity index (χ2n) is 21.0. The highest BCUT2D eigenvalue weighted by Crippen LogP contribution is 2.39. The van der Waals surface area contributed by atoms with Crippen molar-refractivity contribution in [3.05, 3.63) is 30.6 Å². The summed E-state index contributed by atoms with van der Waals surface area (Å²) in [5, 5.41) is 223. The number of rotatable bonds is 8. The molecule has 35 heteroatoms. The number of pyridine rings is 1. The van der Waals surface area contributed by atoms with Gasteiger partial charge in [-0.2, -0.15) is 0 Å². The fraction of sp³-hybridized carbons (Fsp3) is 0.894. The monoisotopic (exact) mass is 1200 g/mol. The van der Waals surface area contributed by atoms with Gasteiger partial charge in [0.15, 0.2) is 63.0 Å². The Morgan fingerprint density at radius 3 is 0.573 bits per heavy atom. The van der Waals surface area contributed by atoms with Crippen LogP contribution in [0.2, 0.25) is 0 Å².